The molecule has 214 valence electrons. The number of sulfonamides is 1. The van der Waals surface area contributed by atoms with E-state index in [0.717, 1.165) is 21.0 Å². The molecular weight excluding hydrogens is 569 g/mol. The lowest BCUT2D eigenvalue weighted by atomic mass is 10.1. The maximum atomic E-state index is 14.0. The molecule has 0 fully saturated rings. The highest BCUT2D eigenvalue weighted by Crippen LogP contribution is 2.30. The Balaban J connectivity index is 2.07. The second-order valence-corrected chi connectivity index (χ2v) is 13.6. The number of nitrogens with one attached hydrogen (secondary N) is 1. The number of carbonyl (C=O) groups is 2. The monoisotopic (exact) mass is 603 g/mol. The van der Waals surface area contributed by atoms with Gasteiger partial charge in [0.15, 0.2) is 0 Å². The zero-order valence-corrected chi connectivity index (χ0v) is 25.9. The molecule has 3 aromatic carbocycles. The number of halogens is 2. The minimum atomic E-state index is -4.22. The van der Waals surface area contributed by atoms with Crippen molar-refractivity contribution in [2.24, 2.45) is 0 Å². The molecule has 0 aliphatic carbocycles. The molecule has 1 N–H and O–H groups in total. The smallest absolute Gasteiger partial charge is 0.264 e. The Hall–Kier alpha value is -3.07. The summed E-state index contributed by atoms with van der Waals surface area (Å²) in [6.07, 6.45) is 0. The highest BCUT2D eigenvalue weighted by molar-refractivity contribution is 7.92. The van der Waals surface area contributed by atoms with E-state index < -0.39 is 34.1 Å². The Labute approximate surface area is 247 Å². The Morgan fingerprint density at radius 3 is 2.05 bits per heavy atom. The molecule has 2 amide bonds. The number of hydrogen-bond donors (Lipinski definition) is 1. The zero-order chi connectivity index (χ0) is 29.8. The van der Waals surface area contributed by atoms with Crippen LogP contribution in [0.3, 0.4) is 0 Å². The quantitative estimate of drug-likeness (QED) is 0.318. The van der Waals surface area contributed by atoms with E-state index in [4.69, 9.17) is 23.2 Å². The number of aryl methyl sites for hydroxylation is 2. The van der Waals surface area contributed by atoms with Crippen LogP contribution in [-0.4, -0.2) is 43.3 Å². The number of amides is 2. The first-order valence-corrected chi connectivity index (χ1v) is 15.0. The first-order chi connectivity index (χ1) is 18.6. The molecule has 0 unspecified atom stereocenters. The predicted molar refractivity (Wildman–Crippen MR) is 161 cm³/mol. The summed E-state index contributed by atoms with van der Waals surface area (Å²) in [7, 11) is -4.22. The Kier molecular flexibility index (Phi) is 9.93. The van der Waals surface area contributed by atoms with E-state index in [-0.39, 0.29) is 33.1 Å². The average Bonchev–Trinajstić information content (AvgIpc) is 2.84. The Morgan fingerprint density at radius 2 is 1.50 bits per heavy atom. The van der Waals surface area contributed by atoms with Crippen molar-refractivity contribution < 1.29 is 18.0 Å². The number of hydrogen-bond acceptors (Lipinski definition) is 4. The number of rotatable bonds is 9. The summed E-state index contributed by atoms with van der Waals surface area (Å²) in [6, 6.07) is 17.4. The van der Waals surface area contributed by atoms with E-state index in [1.54, 1.807) is 19.1 Å². The fourth-order valence-corrected chi connectivity index (χ4v) is 6.03. The number of benzene rings is 3. The first kappa shape index (κ1) is 31.5. The lowest BCUT2D eigenvalue weighted by Crippen LogP contribution is -2.54. The molecule has 0 saturated heterocycles. The molecule has 0 bridgehead atoms. The second kappa shape index (κ2) is 12.6. The van der Waals surface area contributed by atoms with Gasteiger partial charge in [0.25, 0.3) is 10.0 Å². The molecule has 0 aliphatic rings. The van der Waals surface area contributed by atoms with Crippen molar-refractivity contribution in [3.05, 3.63) is 93.5 Å². The third-order valence-electron chi connectivity index (χ3n) is 6.12. The molecule has 0 aromatic heterocycles. The average molecular weight is 605 g/mol. The molecule has 0 heterocycles. The number of carbonyl (C=O) groups excluding carboxylic acids is 2. The molecule has 3 aromatic rings. The number of nitrogens with zero attached hydrogens (tertiary/aromatic N) is 2. The van der Waals surface area contributed by atoms with Crippen LogP contribution in [0.2, 0.25) is 10.0 Å². The van der Waals surface area contributed by atoms with Crippen LogP contribution in [0.15, 0.2) is 71.6 Å². The van der Waals surface area contributed by atoms with Crippen molar-refractivity contribution in [1.29, 1.82) is 0 Å². The van der Waals surface area contributed by atoms with Crippen molar-refractivity contribution in [2.45, 2.75) is 64.6 Å². The molecule has 40 heavy (non-hydrogen) atoms. The van der Waals surface area contributed by atoms with Gasteiger partial charge in [0.1, 0.15) is 12.6 Å². The van der Waals surface area contributed by atoms with E-state index >= 15 is 0 Å². The van der Waals surface area contributed by atoms with Gasteiger partial charge in [-0.3, -0.25) is 13.9 Å². The summed E-state index contributed by atoms with van der Waals surface area (Å²) in [5.41, 5.74) is 2.29. The molecule has 0 aliphatic heterocycles. The van der Waals surface area contributed by atoms with Gasteiger partial charge in [-0.25, -0.2) is 8.42 Å². The highest BCUT2D eigenvalue weighted by Gasteiger charge is 2.33. The second-order valence-electron chi connectivity index (χ2n) is 10.9. The van der Waals surface area contributed by atoms with Gasteiger partial charge in [-0.05, 0) is 77.4 Å². The topological polar surface area (TPSA) is 86.8 Å². The van der Waals surface area contributed by atoms with Gasteiger partial charge in [0.2, 0.25) is 11.8 Å². The van der Waals surface area contributed by atoms with Gasteiger partial charge in [0, 0.05) is 22.1 Å². The van der Waals surface area contributed by atoms with Gasteiger partial charge < -0.3 is 10.2 Å². The van der Waals surface area contributed by atoms with Crippen molar-refractivity contribution in [1.82, 2.24) is 10.2 Å². The van der Waals surface area contributed by atoms with Crippen molar-refractivity contribution >= 4 is 50.7 Å². The van der Waals surface area contributed by atoms with Gasteiger partial charge in [-0.1, -0.05) is 70.7 Å². The fraction of sp³-hybridized carbons (Fsp3) is 0.333. The van der Waals surface area contributed by atoms with Crippen LogP contribution in [0.4, 0.5) is 5.69 Å². The molecule has 0 spiro atoms. The third-order valence-corrected chi connectivity index (χ3v) is 8.35. The zero-order valence-electron chi connectivity index (χ0n) is 23.5. The van der Waals surface area contributed by atoms with Gasteiger partial charge in [0.05, 0.1) is 10.6 Å². The SMILES string of the molecule is Cc1ccc(S(=O)(=O)N(CC(=O)N(Cc2cccc(C)c2)[C@H](C)C(=O)NC(C)(C)C)c2cc(Cl)cc(Cl)c2)cc1. The van der Waals surface area contributed by atoms with E-state index in [9.17, 15) is 18.0 Å². The minimum Gasteiger partial charge on any atom is -0.350 e. The summed E-state index contributed by atoms with van der Waals surface area (Å²) >= 11 is 12.5. The molecule has 3 rings (SSSR count). The third kappa shape index (κ3) is 8.22. The Morgan fingerprint density at radius 1 is 0.900 bits per heavy atom. The molecule has 10 heteroatoms. The van der Waals surface area contributed by atoms with Crippen LogP contribution in [-0.2, 0) is 26.2 Å². The summed E-state index contributed by atoms with van der Waals surface area (Å²) in [5.74, 6) is -0.919. The van der Waals surface area contributed by atoms with Crippen LogP contribution in [0.5, 0.6) is 0 Å². The summed E-state index contributed by atoms with van der Waals surface area (Å²) in [6.45, 7) is 10.5. The number of anilines is 1. The van der Waals surface area contributed by atoms with Crippen LogP contribution >= 0.6 is 23.2 Å². The molecule has 0 radical (unpaired) electrons. The van der Waals surface area contributed by atoms with Crippen molar-refractivity contribution in [3.8, 4) is 0 Å². The van der Waals surface area contributed by atoms with E-state index in [1.807, 2.05) is 58.9 Å². The van der Waals surface area contributed by atoms with Gasteiger partial charge in [-0.2, -0.15) is 0 Å². The van der Waals surface area contributed by atoms with E-state index in [1.165, 1.54) is 35.2 Å². The Bertz CT molecular complexity index is 1470. The normalized spacial score (nSPS) is 12.5. The van der Waals surface area contributed by atoms with Crippen LogP contribution < -0.4 is 9.62 Å². The standard InChI is InChI=1S/C30H35Cl2N3O4S/c1-20-10-12-27(13-11-20)40(38,39)35(26-16-24(31)15-25(32)17-26)19-28(36)34(18-23-9-7-8-21(2)14-23)22(3)29(37)33-30(4,5)6/h7-17,22H,18-19H2,1-6H3,(H,33,37)/t22-/m1/s1. The van der Waals surface area contributed by atoms with Crippen LogP contribution in [0, 0.1) is 13.8 Å². The van der Waals surface area contributed by atoms with Gasteiger partial charge >= 0.3 is 0 Å². The fourth-order valence-electron chi connectivity index (χ4n) is 4.11. The highest BCUT2D eigenvalue weighted by atomic mass is 35.5. The first-order valence-electron chi connectivity index (χ1n) is 12.8. The lowest BCUT2D eigenvalue weighted by Gasteiger charge is -2.33. The minimum absolute atomic E-state index is 0.00533. The molecule has 0 saturated carbocycles. The van der Waals surface area contributed by atoms with Crippen LogP contribution in [0.1, 0.15) is 44.4 Å². The maximum Gasteiger partial charge on any atom is 0.264 e. The molecule has 1 atom stereocenters. The lowest BCUT2D eigenvalue weighted by molar-refractivity contribution is -0.140. The van der Waals surface area contributed by atoms with E-state index in [2.05, 4.69) is 5.32 Å². The molecular formula is C30H35Cl2N3O4S. The predicted octanol–water partition coefficient (Wildman–Crippen LogP) is 6.14. The van der Waals surface area contributed by atoms with Crippen LogP contribution in [0.25, 0.3) is 0 Å². The largest absolute Gasteiger partial charge is 0.350 e. The summed E-state index contributed by atoms with van der Waals surface area (Å²) in [5, 5.41) is 3.35. The van der Waals surface area contributed by atoms with E-state index in [0.29, 0.717) is 0 Å². The summed E-state index contributed by atoms with van der Waals surface area (Å²) in [4.78, 5) is 28.6. The van der Waals surface area contributed by atoms with Crippen molar-refractivity contribution in [3.63, 3.8) is 0 Å². The maximum absolute atomic E-state index is 14.0. The summed E-state index contributed by atoms with van der Waals surface area (Å²) < 4.78 is 28.8. The molecule has 7 nitrogen and oxygen atoms in total. The van der Waals surface area contributed by atoms with Crippen molar-refractivity contribution in [2.75, 3.05) is 10.8 Å². The van der Waals surface area contributed by atoms with Gasteiger partial charge in [-0.15, -0.1) is 0 Å².